The maximum absolute atomic E-state index is 11.9. The molecule has 108 valence electrons. The summed E-state index contributed by atoms with van der Waals surface area (Å²) >= 11 is 3.37. The van der Waals surface area contributed by atoms with Crippen molar-refractivity contribution in [2.45, 2.75) is 18.4 Å². The molecule has 1 aromatic carbocycles. The summed E-state index contributed by atoms with van der Waals surface area (Å²) in [5, 5.41) is 3.14. The lowest BCUT2D eigenvalue weighted by atomic mass is 10.2. The molecule has 20 heavy (non-hydrogen) atoms. The standard InChI is InChI=1S/C13H15BrN2O3S/c1-9-3-4-10(7-13(9)20(17,18)15-2)16-8-12-11(14)5-6-19-12/h3-7,15-16H,8H2,1-2H3. The van der Waals surface area contributed by atoms with Gasteiger partial charge in [-0.15, -0.1) is 0 Å². The first-order chi connectivity index (χ1) is 9.44. The van der Waals surface area contributed by atoms with Gasteiger partial charge >= 0.3 is 0 Å². The Kier molecular flexibility index (Phi) is 4.52. The Labute approximate surface area is 126 Å². The van der Waals surface area contributed by atoms with Gasteiger partial charge in [0.15, 0.2) is 0 Å². The SMILES string of the molecule is CNS(=O)(=O)c1cc(NCc2occc2Br)ccc1C. The van der Waals surface area contributed by atoms with Crippen LogP contribution in [0.25, 0.3) is 0 Å². The zero-order valence-corrected chi connectivity index (χ0v) is 13.5. The molecule has 0 unspecified atom stereocenters. The lowest BCUT2D eigenvalue weighted by Gasteiger charge is -2.10. The van der Waals surface area contributed by atoms with E-state index in [9.17, 15) is 8.42 Å². The molecule has 7 heteroatoms. The molecule has 0 saturated heterocycles. The Bertz CT molecular complexity index is 710. The minimum absolute atomic E-state index is 0.267. The molecule has 0 saturated carbocycles. The van der Waals surface area contributed by atoms with Crippen LogP contribution >= 0.6 is 15.9 Å². The number of rotatable bonds is 5. The zero-order valence-electron chi connectivity index (χ0n) is 11.1. The number of anilines is 1. The van der Waals surface area contributed by atoms with Gasteiger partial charge in [0.25, 0.3) is 0 Å². The Morgan fingerprint density at radius 1 is 1.30 bits per heavy atom. The molecular weight excluding hydrogens is 344 g/mol. The van der Waals surface area contributed by atoms with Gasteiger partial charge in [-0.1, -0.05) is 6.07 Å². The van der Waals surface area contributed by atoms with Crippen LogP contribution in [0.1, 0.15) is 11.3 Å². The number of furan rings is 1. The number of hydrogen-bond acceptors (Lipinski definition) is 4. The van der Waals surface area contributed by atoms with E-state index in [0.717, 1.165) is 10.2 Å². The van der Waals surface area contributed by atoms with Crippen molar-refractivity contribution in [3.63, 3.8) is 0 Å². The van der Waals surface area contributed by atoms with Crippen molar-refractivity contribution in [3.05, 3.63) is 46.3 Å². The number of hydrogen-bond donors (Lipinski definition) is 2. The molecular formula is C13H15BrN2O3S. The lowest BCUT2D eigenvalue weighted by molar-refractivity contribution is 0.516. The van der Waals surface area contributed by atoms with Gasteiger partial charge in [-0.25, -0.2) is 13.1 Å². The second-order valence-corrected chi connectivity index (χ2v) is 6.94. The van der Waals surface area contributed by atoms with Crippen molar-refractivity contribution in [1.82, 2.24) is 4.72 Å². The van der Waals surface area contributed by atoms with E-state index in [-0.39, 0.29) is 4.90 Å². The maximum Gasteiger partial charge on any atom is 0.240 e. The third kappa shape index (κ3) is 3.23. The van der Waals surface area contributed by atoms with Crippen molar-refractivity contribution in [1.29, 1.82) is 0 Å². The molecule has 1 aromatic heterocycles. The van der Waals surface area contributed by atoms with Gasteiger partial charge in [-0.3, -0.25) is 0 Å². The van der Waals surface area contributed by atoms with Crippen molar-refractivity contribution in [3.8, 4) is 0 Å². The van der Waals surface area contributed by atoms with Gasteiger partial charge in [-0.05, 0) is 53.7 Å². The van der Waals surface area contributed by atoms with Crippen LogP contribution in [-0.2, 0) is 16.6 Å². The summed E-state index contributed by atoms with van der Waals surface area (Å²) in [5.41, 5.74) is 1.41. The average molecular weight is 359 g/mol. The monoisotopic (exact) mass is 358 g/mol. The molecule has 0 spiro atoms. The van der Waals surface area contributed by atoms with E-state index in [0.29, 0.717) is 17.8 Å². The van der Waals surface area contributed by atoms with E-state index < -0.39 is 10.0 Å². The molecule has 2 rings (SSSR count). The lowest BCUT2D eigenvalue weighted by Crippen LogP contribution is -2.19. The molecule has 1 heterocycles. The fourth-order valence-corrected chi connectivity index (χ4v) is 3.08. The maximum atomic E-state index is 11.9. The van der Waals surface area contributed by atoms with Gasteiger partial charge < -0.3 is 9.73 Å². The Morgan fingerprint density at radius 2 is 2.05 bits per heavy atom. The van der Waals surface area contributed by atoms with Gasteiger partial charge in [0.2, 0.25) is 10.0 Å². The topological polar surface area (TPSA) is 71.3 Å². The van der Waals surface area contributed by atoms with Crippen molar-refractivity contribution in [2.24, 2.45) is 0 Å². The van der Waals surface area contributed by atoms with Crippen LogP contribution < -0.4 is 10.0 Å². The summed E-state index contributed by atoms with van der Waals surface area (Å²) < 4.78 is 32.3. The number of halogens is 1. The van der Waals surface area contributed by atoms with E-state index in [1.807, 2.05) is 12.1 Å². The predicted octanol–water partition coefficient (Wildman–Crippen LogP) is 2.87. The molecule has 0 bridgehead atoms. The fourth-order valence-electron chi connectivity index (χ4n) is 1.74. The van der Waals surface area contributed by atoms with E-state index >= 15 is 0 Å². The third-order valence-electron chi connectivity index (χ3n) is 2.89. The van der Waals surface area contributed by atoms with Gasteiger partial charge in [-0.2, -0.15) is 0 Å². The number of sulfonamides is 1. The summed E-state index contributed by atoms with van der Waals surface area (Å²) in [7, 11) is -2.06. The highest BCUT2D eigenvalue weighted by Crippen LogP contribution is 2.22. The van der Waals surface area contributed by atoms with Crippen molar-refractivity contribution in [2.75, 3.05) is 12.4 Å². The number of aryl methyl sites for hydroxylation is 1. The fraction of sp³-hybridized carbons (Fsp3) is 0.231. The summed E-state index contributed by atoms with van der Waals surface area (Å²) in [6.45, 7) is 2.23. The van der Waals surface area contributed by atoms with Crippen LogP contribution in [0, 0.1) is 6.92 Å². The van der Waals surface area contributed by atoms with Crippen molar-refractivity contribution < 1.29 is 12.8 Å². The second-order valence-electron chi connectivity index (χ2n) is 4.23. The molecule has 2 aromatic rings. The van der Waals surface area contributed by atoms with Crippen LogP contribution in [0.4, 0.5) is 5.69 Å². The first kappa shape index (κ1) is 15.1. The Morgan fingerprint density at radius 3 is 2.65 bits per heavy atom. The second kappa shape index (κ2) is 5.99. The van der Waals surface area contributed by atoms with Gasteiger partial charge in [0.05, 0.1) is 22.2 Å². The quantitative estimate of drug-likeness (QED) is 0.861. The highest BCUT2D eigenvalue weighted by atomic mass is 79.9. The van der Waals surface area contributed by atoms with Crippen LogP contribution in [-0.4, -0.2) is 15.5 Å². The highest BCUT2D eigenvalue weighted by Gasteiger charge is 2.15. The summed E-state index contributed by atoms with van der Waals surface area (Å²) in [6.07, 6.45) is 1.59. The predicted molar refractivity (Wildman–Crippen MR) is 81.2 cm³/mol. The molecule has 0 radical (unpaired) electrons. The van der Waals surface area contributed by atoms with E-state index in [2.05, 4.69) is 26.0 Å². The third-order valence-corrected chi connectivity index (χ3v) is 5.15. The van der Waals surface area contributed by atoms with Crippen LogP contribution in [0.15, 0.2) is 44.3 Å². The van der Waals surface area contributed by atoms with Crippen LogP contribution in [0.3, 0.4) is 0 Å². The first-order valence-corrected chi connectivity index (χ1v) is 8.21. The van der Waals surface area contributed by atoms with E-state index in [4.69, 9.17) is 4.42 Å². The first-order valence-electron chi connectivity index (χ1n) is 5.94. The summed E-state index contributed by atoms with van der Waals surface area (Å²) in [6, 6.07) is 7.02. The molecule has 0 aliphatic heterocycles. The van der Waals surface area contributed by atoms with Crippen LogP contribution in [0.5, 0.6) is 0 Å². The van der Waals surface area contributed by atoms with E-state index in [1.165, 1.54) is 7.05 Å². The average Bonchev–Trinajstić information content (AvgIpc) is 2.83. The minimum Gasteiger partial charge on any atom is -0.466 e. The normalized spacial score (nSPS) is 11.6. The van der Waals surface area contributed by atoms with Crippen LogP contribution in [0.2, 0.25) is 0 Å². The zero-order chi connectivity index (χ0) is 14.8. The number of nitrogens with one attached hydrogen (secondary N) is 2. The van der Waals surface area contributed by atoms with E-state index in [1.54, 1.807) is 25.3 Å². The van der Waals surface area contributed by atoms with Crippen molar-refractivity contribution >= 4 is 31.6 Å². The largest absolute Gasteiger partial charge is 0.466 e. The van der Waals surface area contributed by atoms with Gasteiger partial charge in [0.1, 0.15) is 5.76 Å². The smallest absolute Gasteiger partial charge is 0.240 e. The Hall–Kier alpha value is -1.31. The molecule has 2 N–H and O–H groups in total. The highest BCUT2D eigenvalue weighted by molar-refractivity contribution is 9.10. The van der Waals surface area contributed by atoms with Gasteiger partial charge in [0, 0.05) is 5.69 Å². The molecule has 5 nitrogen and oxygen atoms in total. The minimum atomic E-state index is -3.45. The summed E-state index contributed by atoms with van der Waals surface area (Å²) in [5.74, 6) is 0.753. The molecule has 0 atom stereocenters. The molecule has 0 fully saturated rings. The Balaban J connectivity index is 2.22. The number of benzene rings is 1. The molecule has 0 aliphatic carbocycles. The molecule has 0 aliphatic rings. The molecule has 0 amide bonds. The summed E-state index contributed by atoms with van der Waals surface area (Å²) in [4.78, 5) is 0.267.